The summed E-state index contributed by atoms with van der Waals surface area (Å²) < 4.78 is 42.7. The summed E-state index contributed by atoms with van der Waals surface area (Å²) in [6.45, 7) is 7.95. The van der Waals surface area contributed by atoms with E-state index in [0.29, 0.717) is 22.8 Å². The van der Waals surface area contributed by atoms with Crippen LogP contribution >= 0.6 is 12.2 Å². The Hall–Kier alpha value is -4.91. The molecule has 13 heteroatoms. The minimum Gasteiger partial charge on any atom is -0.406 e. The van der Waals surface area contributed by atoms with Crippen molar-refractivity contribution in [3.05, 3.63) is 89.0 Å². The highest BCUT2D eigenvalue weighted by molar-refractivity contribution is 7.80. The molecular weight excluding hydrogens is 605 g/mol. The van der Waals surface area contributed by atoms with Gasteiger partial charge in [-0.25, -0.2) is 4.79 Å². The summed E-state index contributed by atoms with van der Waals surface area (Å²) in [5, 5.41) is 13.3. The SMILES string of the molecule is Cc1ccc(C(C)C)c(NC(=S)NC(=O)N(C)c2ccc(-c3nn(C)c(NC(=O)c4ccc(OC(F)(F)F)cc4)c3C)cc2)c1. The molecule has 1 aromatic heterocycles. The number of nitrogens with one attached hydrogen (secondary N) is 3. The summed E-state index contributed by atoms with van der Waals surface area (Å²) in [6.07, 6.45) is -4.82. The summed E-state index contributed by atoms with van der Waals surface area (Å²) in [6, 6.07) is 17.4. The fourth-order valence-corrected chi connectivity index (χ4v) is 4.84. The van der Waals surface area contributed by atoms with Crippen LogP contribution in [0.2, 0.25) is 0 Å². The minimum absolute atomic E-state index is 0.145. The van der Waals surface area contributed by atoms with Gasteiger partial charge in [-0.1, -0.05) is 38.1 Å². The second-order valence-corrected chi connectivity index (χ2v) is 11.1. The number of urea groups is 1. The van der Waals surface area contributed by atoms with Crippen LogP contribution < -0.4 is 25.6 Å². The van der Waals surface area contributed by atoms with E-state index in [1.165, 1.54) is 21.7 Å². The molecule has 0 bridgehead atoms. The third-order valence-electron chi connectivity index (χ3n) is 7.00. The Morgan fingerprint density at radius 2 is 1.62 bits per heavy atom. The predicted octanol–water partition coefficient (Wildman–Crippen LogP) is 7.52. The molecule has 45 heavy (non-hydrogen) atoms. The molecule has 0 saturated carbocycles. The number of hydrogen-bond donors (Lipinski definition) is 3. The smallest absolute Gasteiger partial charge is 0.406 e. The average Bonchev–Trinajstić information content (AvgIpc) is 3.24. The predicted molar refractivity (Wildman–Crippen MR) is 173 cm³/mol. The zero-order valence-electron chi connectivity index (χ0n) is 25.5. The van der Waals surface area contributed by atoms with Crippen LogP contribution in [0.5, 0.6) is 5.75 Å². The van der Waals surface area contributed by atoms with Crippen LogP contribution in [0, 0.1) is 13.8 Å². The van der Waals surface area contributed by atoms with Crippen molar-refractivity contribution in [3.63, 3.8) is 0 Å². The fraction of sp³-hybridized carbons (Fsp3) is 0.250. The van der Waals surface area contributed by atoms with Crippen LogP contribution in [-0.4, -0.2) is 40.2 Å². The maximum atomic E-state index is 13.0. The first-order valence-corrected chi connectivity index (χ1v) is 14.3. The van der Waals surface area contributed by atoms with Gasteiger partial charge in [-0.3, -0.25) is 19.7 Å². The van der Waals surface area contributed by atoms with Gasteiger partial charge in [0.15, 0.2) is 5.11 Å². The average molecular weight is 639 g/mol. The van der Waals surface area contributed by atoms with Crippen molar-refractivity contribution in [3.8, 4) is 17.0 Å². The molecule has 1 heterocycles. The normalized spacial score (nSPS) is 11.2. The third kappa shape index (κ3) is 8.18. The van der Waals surface area contributed by atoms with E-state index in [1.54, 1.807) is 45.3 Å². The number of aryl methyl sites for hydroxylation is 2. The molecule has 0 aliphatic rings. The number of hydrogen-bond acceptors (Lipinski definition) is 5. The number of anilines is 3. The Morgan fingerprint density at radius 3 is 2.22 bits per heavy atom. The first-order valence-electron chi connectivity index (χ1n) is 13.9. The maximum absolute atomic E-state index is 13.0. The highest BCUT2D eigenvalue weighted by Gasteiger charge is 2.31. The van der Waals surface area contributed by atoms with Gasteiger partial charge < -0.3 is 15.4 Å². The first kappa shape index (κ1) is 33.0. The number of alkyl halides is 3. The van der Waals surface area contributed by atoms with Crippen molar-refractivity contribution in [2.24, 2.45) is 7.05 Å². The number of nitrogens with zero attached hydrogens (tertiary/aromatic N) is 3. The van der Waals surface area contributed by atoms with Crippen molar-refractivity contribution < 1.29 is 27.5 Å². The molecule has 0 aliphatic carbocycles. The quantitative estimate of drug-likeness (QED) is 0.181. The molecule has 0 saturated heterocycles. The van der Waals surface area contributed by atoms with Crippen molar-refractivity contribution in [1.82, 2.24) is 15.1 Å². The summed E-state index contributed by atoms with van der Waals surface area (Å²) in [7, 11) is 3.29. The molecule has 0 spiro atoms. The summed E-state index contributed by atoms with van der Waals surface area (Å²) in [4.78, 5) is 27.2. The van der Waals surface area contributed by atoms with E-state index in [9.17, 15) is 22.8 Å². The van der Waals surface area contributed by atoms with Crippen molar-refractivity contribution in [1.29, 1.82) is 0 Å². The monoisotopic (exact) mass is 638 g/mol. The van der Waals surface area contributed by atoms with Gasteiger partial charge >= 0.3 is 12.4 Å². The Bertz CT molecular complexity index is 1720. The van der Waals surface area contributed by atoms with Gasteiger partial charge in [0, 0.05) is 42.2 Å². The van der Waals surface area contributed by atoms with Gasteiger partial charge in [-0.15, -0.1) is 13.2 Å². The topological polar surface area (TPSA) is 101 Å². The third-order valence-corrected chi connectivity index (χ3v) is 7.20. The van der Waals surface area contributed by atoms with Crippen LogP contribution in [0.3, 0.4) is 0 Å². The van der Waals surface area contributed by atoms with Gasteiger partial charge in [0.25, 0.3) is 5.91 Å². The lowest BCUT2D eigenvalue weighted by Gasteiger charge is -2.20. The molecular formula is C32H33F3N6O3S. The number of benzene rings is 3. The molecule has 0 atom stereocenters. The van der Waals surface area contributed by atoms with Crippen LogP contribution in [0.4, 0.5) is 35.2 Å². The lowest BCUT2D eigenvalue weighted by atomic mass is 9.99. The molecule has 4 aromatic rings. The van der Waals surface area contributed by atoms with Crippen LogP contribution in [0.1, 0.15) is 46.8 Å². The second-order valence-electron chi connectivity index (χ2n) is 10.7. The molecule has 0 fully saturated rings. The lowest BCUT2D eigenvalue weighted by molar-refractivity contribution is -0.274. The van der Waals surface area contributed by atoms with Gasteiger partial charge in [0.2, 0.25) is 0 Å². The van der Waals surface area contributed by atoms with Gasteiger partial charge in [-0.05, 0) is 85.6 Å². The highest BCUT2D eigenvalue weighted by atomic mass is 32.1. The molecule has 3 N–H and O–H groups in total. The molecule has 3 amide bonds. The van der Waals surface area contributed by atoms with Crippen LogP contribution in [-0.2, 0) is 7.05 Å². The molecule has 3 aromatic carbocycles. The standard InChI is InChI=1S/C32H33F3N6O3S/c1-18(2)25-16-7-19(3)17-26(25)36-30(45)38-31(43)40(5)23-12-8-21(9-13-23)27-20(4)28(41(6)39-27)37-29(42)22-10-14-24(15-11-22)44-32(33,34)35/h7-18H,1-6H3,(H,37,42)(H2,36,38,43,45). The van der Waals surface area contributed by atoms with Gasteiger partial charge in [-0.2, -0.15) is 5.10 Å². The number of amides is 3. The molecule has 236 valence electrons. The van der Waals surface area contributed by atoms with E-state index in [0.717, 1.165) is 34.5 Å². The molecule has 4 rings (SSSR count). The number of ether oxygens (including phenoxy) is 1. The van der Waals surface area contributed by atoms with E-state index < -0.39 is 24.1 Å². The Morgan fingerprint density at radius 1 is 0.978 bits per heavy atom. The Kier molecular flexibility index (Phi) is 9.81. The summed E-state index contributed by atoms with van der Waals surface area (Å²) in [5.41, 5.74) is 5.77. The lowest BCUT2D eigenvalue weighted by Crippen LogP contribution is -2.42. The zero-order valence-corrected chi connectivity index (χ0v) is 26.4. The number of halogens is 3. The highest BCUT2D eigenvalue weighted by Crippen LogP contribution is 2.30. The number of rotatable bonds is 7. The van der Waals surface area contributed by atoms with Crippen LogP contribution in [0.25, 0.3) is 11.3 Å². The molecule has 0 radical (unpaired) electrons. The van der Waals surface area contributed by atoms with E-state index >= 15 is 0 Å². The van der Waals surface area contributed by atoms with E-state index in [1.807, 2.05) is 25.1 Å². The van der Waals surface area contributed by atoms with Gasteiger partial charge in [0.1, 0.15) is 11.6 Å². The second kappa shape index (κ2) is 13.4. The maximum Gasteiger partial charge on any atom is 0.573 e. The number of carbonyl (C=O) groups is 2. The van der Waals surface area contributed by atoms with Crippen molar-refractivity contribution in [2.75, 3.05) is 22.6 Å². The number of aromatic nitrogens is 2. The van der Waals surface area contributed by atoms with E-state index in [-0.39, 0.29) is 16.6 Å². The minimum atomic E-state index is -4.82. The van der Waals surface area contributed by atoms with E-state index in [4.69, 9.17) is 12.2 Å². The van der Waals surface area contributed by atoms with Crippen molar-refractivity contribution >= 4 is 46.5 Å². The Balaban J connectivity index is 1.41. The van der Waals surface area contributed by atoms with Gasteiger partial charge in [0.05, 0.1) is 5.69 Å². The number of thiocarbonyl (C=S) groups is 1. The zero-order chi connectivity index (χ0) is 33.1. The summed E-state index contributed by atoms with van der Waals surface area (Å²) >= 11 is 5.41. The summed E-state index contributed by atoms with van der Waals surface area (Å²) in [5.74, 6) is -0.261. The first-order chi connectivity index (χ1) is 21.1. The molecule has 9 nitrogen and oxygen atoms in total. The van der Waals surface area contributed by atoms with E-state index in [2.05, 4.69) is 39.6 Å². The van der Waals surface area contributed by atoms with Crippen LogP contribution in [0.15, 0.2) is 66.7 Å². The Labute approximate surface area is 264 Å². The number of carbonyl (C=O) groups excluding carboxylic acids is 2. The largest absolute Gasteiger partial charge is 0.573 e. The molecule has 0 aliphatic heterocycles. The fourth-order valence-electron chi connectivity index (χ4n) is 4.64. The molecule has 0 unspecified atom stereocenters. The van der Waals surface area contributed by atoms with Crippen molar-refractivity contribution in [2.45, 2.75) is 40.0 Å².